The zero-order valence-corrected chi connectivity index (χ0v) is 13.7. The third kappa shape index (κ3) is 3.03. The summed E-state index contributed by atoms with van der Waals surface area (Å²) in [6.07, 6.45) is 4.53. The van der Waals surface area contributed by atoms with Crippen molar-refractivity contribution >= 4 is 16.7 Å². The average Bonchev–Trinajstić information content (AvgIpc) is 3.08. The van der Waals surface area contributed by atoms with Gasteiger partial charge in [-0.05, 0) is 36.3 Å². The topological polar surface area (TPSA) is 76.9 Å². The molecule has 1 N–H and O–H groups in total. The zero-order chi connectivity index (χ0) is 17.2. The van der Waals surface area contributed by atoms with E-state index in [1.807, 2.05) is 30.3 Å². The molecule has 0 saturated heterocycles. The fourth-order valence-electron chi connectivity index (χ4n) is 3.26. The summed E-state index contributed by atoms with van der Waals surface area (Å²) < 4.78 is 1.43. The molecule has 0 unspecified atom stereocenters. The SMILES string of the molecule is O=C(NCCn1nc2c(cc1=O)CCC2)c1nccc2ccccc12. The number of aromatic nitrogens is 3. The molecule has 1 aliphatic rings. The largest absolute Gasteiger partial charge is 0.349 e. The summed E-state index contributed by atoms with van der Waals surface area (Å²) in [5, 5.41) is 9.03. The monoisotopic (exact) mass is 334 g/mol. The molecular weight excluding hydrogens is 316 g/mol. The predicted molar refractivity (Wildman–Crippen MR) is 94.6 cm³/mol. The van der Waals surface area contributed by atoms with Gasteiger partial charge in [0.15, 0.2) is 0 Å². The summed E-state index contributed by atoms with van der Waals surface area (Å²) >= 11 is 0. The first kappa shape index (κ1) is 15.5. The minimum atomic E-state index is -0.244. The molecule has 4 rings (SSSR count). The summed E-state index contributed by atoms with van der Waals surface area (Å²) in [6.45, 7) is 0.679. The molecular formula is C19H18N4O2. The van der Waals surface area contributed by atoms with Gasteiger partial charge in [-0.1, -0.05) is 24.3 Å². The van der Waals surface area contributed by atoms with E-state index in [9.17, 15) is 9.59 Å². The maximum atomic E-state index is 12.4. The third-order valence-corrected chi connectivity index (χ3v) is 4.52. The number of amides is 1. The van der Waals surface area contributed by atoms with Crippen LogP contribution in [0.25, 0.3) is 10.8 Å². The number of nitrogens with zero attached hydrogens (tertiary/aromatic N) is 3. The van der Waals surface area contributed by atoms with Gasteiger partial charge in [0.2, 0.25) is 0 Å². The minimum Gasteiger partial charge on any atom is -0.349 e. The molecule has 1 aliphatic carbocycles. The maximum Gasteiger partial charge on any atom is 0.270 e. The van der Waals surface area contributed by atoms with Crippen LogP contribution in [-0.4, -0.2) is 27.2 Å². The molecule has 1 amide bonds. The molecule has 2 heterocycles. The van der Waals surface area contributed by atoms with Crippen molar-refractivity contribution in [1.29, 1.82) is 0 Å². The number of benzene rings is 1. The van der Waals surface area contributed by atoms with Gasteiger partial charge in [0.05, 0.1) is 12.2 Å². The summed E-state index contributed by atoms with van der Waals surface area (Å²) in [5.41, 5.74) is 2.34. The predicted octanol–water partition coefficient (Wildman–Crippen LogP) is 1.71. The van der Waals surface area contributed by atoms with E-state index >= 15 is 0 Å². The van der Waals surface area contributed by atoms with Crippen molar-refractivity contribution in [3.8, 4) is 0 Å². The molecule has 25 heavy (non-hydrogen) atoms. The maximum absolute atomic E-state index is 12.4. The Morgan fingerprint density at radius 2 is 2.08 bits per heavy atom. The molecule has 3 aromatic rings. The number of hydrogen-bond donors (Lipinski definition) is 1. The Balaban J connectivity index is 1.47. The van der Waals surface area contributed by atoms with Gasteiger partial charge in [-0.3, -0.25) is 14.6 Å². The van der Waals surface area contributed by atoms with Crippen molar-refractivity contribution in [2.24, 2.45) is 0 Å². The van der Waals surface area contributed by atoms with E-state index in [1.54, 1.807) is 12.3 Å². The van der Waals surface area contributed by atoms with Gasteiger partial charge in [0, 0.05) is 24.2 Å². The summed E-state index contributed by atoms with van der Waals surface area (Å²) in [5.74, 6) is -0.244. The zero-order valence-electron chi connectivity index (χ0n) is 13.7. The number of pyridine rings is 1. The first-order chi connectivity index (χ1) is 12.2. The van der Waals surface area contributed by atoms with E-state index in [2.05, 4.69) is 15.4 Å². The Labute approximate surface area is 144 Å². The van der Waals surface area contributed by atoms with Gasteiger partial charge in [-0.15, -0.1) is 0 Å². The Kier molecular flexibility index (Phi) is 4.01. The van der Waals surface area contributed by atoms with Crippen molar-refractivity contribution in [2.45, 2.75) is 25.8 Å². The molecule has 0 radical (unpaired) electrons. The molecule has 2 aromatic heterocycles. The van der Waals surface area contributed by atoms with E-state index in [4.69, 9.17) is 0 Å². The highest BCUT2D eigenvalue weighted by Crippen LogP contribution is 2.17. The Bertz CT molecular complexity index is 1000. The number of carbonyl (C=O) groups excluding carboxylic acids is 1. The first-order valence-corrected chi connectivity index (χ1v) is 8.44. The van der Waals surface area contributed by atoms with Gasteiger partial charge in [0.25, 0.3) is 11.5 Å². The van der Waals surface area contributed by atoms with Crippen LogP contribution < -0.4 is 10.9 Å². The molecule has 6 nitrogen and oxygen atoms in total. The lowest BCUT2D eigenvalue weighted by atomic mass is 10.1. The number of carbonyl (C=O) groups is 1. The minimum absolute atomic E-state index is 0.113. The molecule has 0 saturated carbocycles. The lowest BCUT2D eigenvalue weighted by Gasteiger charge is -2.09. The molecule has 0 atom stereocenters. The van der Waals surface area contributed by atoms with E-state index in [0.29, 0.717) is 18.8 Å². The molecule has 0 bridgehead atoms. The van der Waals surface area contributed by atoms with Crippen LogP contribution in [0.5, 0.6) is 0 Å². The number of hydrogen-bond acceptors (Lipinski definition) is 4. The van der Waals surface area contributed by atoms with Crippen LogP contribution in [0.4, 0.5) is 0 Å². The van der Waals surface area contributed by atoms with Crippen molar-refractivity contribution < 1.29 is 4.79 Å². The molecule has 1 aromatic carbocycles. The van der Waals surface area contributed by atoms with Crippen LogP contribution in [0, 0.1) is 0 Å². The average molecular weight is 334 g/mol. The molecule has 0 aliphatic heterocycles. The van der Waals surface area contributed by atoms with Crippen LogP contribution in [0.3, 0.4) is 0 Å². The Morgan fingerprint density at radius 1 is 1.20 bits per heavy atom. The second-order valence-corrected chi connectivity index (χ2v) is 6.17. The van der Waals surface area contributed by atoms with E-state index in [-0.39, 0.29) is 11.5 Å². The summed E-state index contributed by atoms with van der Waals surface area (Å²) in [4.78, 5) is 28.7. The highest BCUT2D eigenvalue weighted by molar-refractivity contribution is 6.05. The Morgan fingerprint density at radius 3 is 3.00 bits per heavy atom. The quantitative estimate of drug-likeness (QED) is 0.788. The normalized spacial score (nSPS) is 13.0. The molecule has 126 valence electrons. The Hall–Kier alpha value is -3.02. The van der Waals surface area contributed by atoms with Crippen molar-refractivity contribution in [3.05, 3.63) is 69.9 Å². The van der Waals surface area contributed by atoms with Crippen LogP contribution in [0.2, 0.25) is 0 Å². The third-order valence-electron chi connectivity index (χ3n) is 4.52. The van der Waals surface area contributed by atoms with Gasteiger partial charge in [-0.25, -0.2) is 4.68 Å². The van der Waals surface area contributed by atoms with Crippen molar-refractivity contribution in [3.63, 3.8) is 0 Å². The summed E-state index contributed by atoms with van der Waals surface area (Å²) in [6, 6.07) is 11.2. The van der Waals surface area contributed by atoms with E-state index < -0.39 is 0 Å². The lowest BCUT2D eigenvalue weighted by Crippen LogP contribution is -2.32. The van der Waals surface area contributed by atoms with Gasteiger partial charge in [-0.2, -0.15) is 5.10 Å². The van der Waals surface area contributed by atoms with Crippen molar-refractivity contribution in [2.75, 3.05) is 6.54 Å². The van der Waals surface area contributed by atoms with Crippen LogP contribution in [0.1, 0.15) is 28.2 Å². The number of fused-ring (bicyclic) bond motifs is 2. The second kappa shape index (κ2) is 6.47. The standard InChI is InChI=1S/C19H18N4O2/c24-17-12-14-5-3-7-16(14)22-23(17)11-10-21-19(25)18-15-6-2-1-4-13(15)8-9-20-18/h1-2,4,6,8-9,12H,3,5,7,10-11H2,(H,21,25). The van der Waals surface area contributed by atoms with E-state index in [0.717, 1.165) is 41.3 Å². The fourth-order valence-corrected chi connectivity index (χ4v) is 3.26. The first-order valence-electron chi connectivity index (χ1n) is 8.44. The number of nitrogens with one attached hydrogen (secondary N) is 1. The highest BCUT2D eigenvalue weighted by atomic mass is 16.2. The fraction of sp³-hybridized carbons (Fsp3) is 0.263. The van der Waals surface area contributed by atoms with Crippen LogP contribution in [0.15, 0.2) is 47.4 Å². The van der Waals surface area contributed by atoms with Gasteiger partial charge in [0.1, 0.15) is 5.69 Å². The molecule has 0 spiro atoms. The van der Waals surface area contributed by atoms with Crippen LogP contribution >= 0.6 is 0 Å². The van der Waals surface area contributed by atoms with Crippen LogP contribution in [-0.2, 0) is 19.4 Å². The number of aryl methyl sites for hydroxylation is 2. The smallest absolute Gasteiger partial charge is 0.270 e. The molecule has 0 fully saturated rings. The molecule has 6 heteroatoms. The number of rotatable bonds is 4. The lowest BCUT2D eigenvalue weighted by molar-refractivity contribution is 0.0948. The van der Waals surface area contributed by atoms with Gasteiger partial charge < -0.3 is 5.32 Å². The summed E-state index contributed by atoms with van der Waals surface area (Å²) in [7, 11) is 0. The second-order valence-electron chi connectivity index (χ2n) is 6.17. The van der Waals surface area contributed by atoms with E-state index in [1.165, 1.54) is 4.68 Å². The highest BCUT2D eigenvalue weighted by Gasteiger charge is 2.15. The van der Waals surface area contributed by atoms with Crippen molar-refractivity contribution in [1.82, 2.24) is 20.1 Å². The van der Waals surface area contributed by atoms with Gasteiger partial charge >= 0.3 is 0 Å².